The Morgan fingerprint density at radius 1 is 0.935 bits per heavy atom. The van der Waals surface area contributed by atoms with E-state index >= 15 is 0 Å². The van der Waals surface area contributed by atoms with Gasteiger partial charge in [-0.2, -0.15) is 5.10 Å². The van der Waals surface area contributed by atoms with Gasteiger partial charge in [-0.25, -0.2) is 4.68 Å². The minimum absolute atomic E-state index is 0.0929. The molecule has 0 amide bonds. The summed E-state index contributed by atoms with van der Waals surface area (Å²) in [5.74, 6) is 0.766. The molecule has 5 rings (SSSR count). The Hall–Kier alpha value is -3.86. The third-order valence-corrected chi connectivity index (χ3v) is 5.82. The van der Waals surface area contributed by atoms with Gasteiger partial charge in [0, 0.05) is 23.3 Å². The van der Waals surface area contributed by atoms with Crippen molar-refractivity contribution >= 4 is 21.8 Å². The molecule has 0 aliphatic rings. The molecule has 0 unspecified atom stereocenters. The van der Waals surface area contributed by atoms with Gasteiger partial charge in [0.15, 0.2) is 0 Å². The van der Waals surface area contributed by atoms with Crippen LogP contribution in [0.15, 0.2) is 83.8 Å². The molecular formula is C26H23N3O2. The summed E-state index contributed by atoms with van der Waals surface area (Å²) in [7, 11) is 3.59. The summed E-state index contributed by atoms with van der Waals surface area (Å²) in [6.45, 7) is 0.393. The van der Waals surface area contributed by atoms with Gasteiger partial charge in [0.25, 0.3) is 5.56 Å². The molecule has 2 heterocycles. The number of hydrogen-bond acceptors (Lipinski definition) is 3. The van der Waals surface area contributed by atoms with Gasteiger partial charge in [-0.15, -0.1) is 0 Å². The van der Waals surface area contributed by atoms with E-state index in [0.717, 1.165) is 34.0 Å². The zero-order chi connectivity index (χ0) is 21.4. The van der Waals surface area contributed by atoms with E-state index in [1.807, 2.05) is 48.1 Å². The molecule has 0 atom stereocenters. The first kappa shape index (κ1) is 19.1. The van der Waals surface area contributed by atoms with Crippen molar-refractivity contribution in [3.05, 3.63) is 106 Å². The number of ether oxygens (including phenoxy) is 1. The van der Waals surface area contributed by atoms with Crippen LogP contribution in [0.2, 0.25) is 0 Å². The van der Waals surface area contributed by atoms with Gasteiger partial charge in [0.05, 0.1) is 19.9 Å². The van der Waals surface area contributed by atoms with E-state index < -0.39 is 0 Å². The predicted octanol–water partition coefficient (Wildman–Crippen LogP) is 4.54. The maximum Gasteiger partial charge on any atom is 0.291 e. The van der Waals surface area contributed by atoms with Gasteiger partial charge in [-0.05, 0) is 41.3 Å². The molecule has 5 heteroatoms. The molecule has 5 nitrogen and oxygen atoms in total. The van der Waals surface area contributed by atoms with Crippen LogP contribution in [0.25, 0.3) is 21.8 Å². The molecular weight excluding hydrogens is 386 g/mol. The Kier molecular flexibility index (Phi) is 4.79. The molecule has 0 spiro atoms. The molecule has 154 valence electrons. The lowest BCUT2D eigenvalue weighted by molar-refractivity contribution is 0.414. The second kappa shape index (κ2) is 7.76. The van der Waals surface area contributed by atoms with Gasteiger partial charge in [0.1, 0.15) is 11.3 Å². The molecule has 5 aromatic rings. The predicted molar refractivity (Wildman–Crippen MR) is 124 cm³/mol. The number of aromatic nitrogens is 3. The summed E-state index contributed by atoms with van der Waals surface area (Å²) >= 11 is 0. The molecule has 0 fully saturated rings. The lowest BCUT2D eigenvalue weighted by atomic mass is 10.0. The summed E-state index contributed by atoms with van der Waals surface area (Å²) in [6.07, 6.45) is 2.64. The maximum absolute atomic E-state index is 13.4. The van der Waals surface area contributed by atoms with Gasteiger partial charge in [0.2, 0.25) is 0 Å². The van der Waals surface area contributed by atoms with Crippen LogP contribution in [0.5, 0.6) is 5.75 Å². The fraction of sp³-hybridized carbons (Fsp3) is 0.154. The van der Waals surface area contributed by atoms with Crippen molar-refractivity contribution in [1.29, 1.82) is 0 Å². The van der Waals surface area contributed by atoms with Gasteiger partial charge >= 0.3 is 0 Å². The highest BCUT2D eigenvalue weighted by Gasteiger charge is 2.17. The molecule has 0 aliphatic heterocycles. The van der Waals surface area contributed by atoms with Crippen LogP contribution in [-0.4, -0.2) is 21.5 Å². The first-order valence-corrected chi connectivity index (χ1v) is 10.3. The molecule has 0 N–H and O–H groups in total. The fourth-order valence-electron chi connectivity index (χ4n) is 4.30. The zero-order valence-corrected chi connectivity index (χ0v) is 17.6. The van der Waals surface area contributed by atoms with E-state index in [-0.39, 0.29) is 5.56 Å². The average Bonchev–Trinajstić information content (AvgIpc) is 3.10. The van der Waals surface area contributed by atoms with Crippen molar-refractivity contribution in [1.82, 2.24) is 14.3 Å². The molecule has 0 bridgehead atoms. The summed E-state index contributed by atoms with van der Waals surface area (Å²) < 4.78 is 8.81. The van der Waals surface area contributed by atoms with Crippen LogP contribution in [-0.2, 0) is 20.0 Å². The van der Waals surface area contributed by atoms with Crippen molar-refractivity contribution in [2.45, 2.75) is 13.0 Å². The van der Waals surface area contributed by atoms with Crippen LogP contribution < -0.4 is 10.3 Å². The highest BCUT2D eigenvalue weighted by Crippen LogP contribution is 2.30. The molecule has 0 saturated carbocycles. The van der Waals surface area contributed by atoms with E-state index in [4.69, 9.17) is 4.74 Å². The number of methoxy groups -OCH3 is 1. The fourth-order valence-corrected chi connectivity index (χ4v) is 4.30. The van der Waals surface area contributed by atoms with Crippen molar-refractivity contribution in [3.63, 3.8) is 0 Å². The Balaban J connectivity index is 1.64. The number of hydrogen-bond donors (Lipinski definition) is 0. The minimum Gasteiger partial charge on any atom is -0.497 e. The quantitative estimate of drug-likeness (QED) is 0.428. The monoisotopic (exact) mass is 409 g/mol. The Morgan fingerprint density at radius 3 is 2.52 bits per heavy atom. The highest BCUT2D eigenvalue weighted by molar-refractivity contribution is 6.09. The number of nitrogens with zero attached hydrogens (tertiary/aromatic N) is 3. The Morgan fingerprint density at radius 2 is 1.71 bits per heavy atom. The lowest BCUT2D eigenvalue weighted by Gasteiger charge is -2.07. The topological polar surface area (TPSA) is 49.0 Å². The lowest BCUT2D eigenvalue weighted by Crippen LogP contribution is -2.24. The van der Waals surface area contributed by atoms with Crippen molar-refractivity contribution in [3.8, 4) is 5.75 Å². The Labute approximate surface area is 180 Å². The van der Waals surface area contributed by atoms with Gasteiger partial charge in [-0.3, -0.25) is 4.79 Å². The SMILES string of the molecule is COc1cccc(Cn2ncc3c4c(Cc5ccccc5)cccc4n(C)c3c2=O)c1. The maximum atomic E-state index is 13.4. The number of aryl methyl sites for hydroxylation is 1. The van der Waals surface area contributed by atoms with E-state index in [9.17, 15) is 4.79 Å². The normalized spacial score (nSPS) is 11.3. The van der Waals surface area contributed by atoms with Gasteiger partial charge in [-0.1, -0.05) is 54.6 Å². The van der Waals surface area contributed by atoms with Crippen molar-refractivity contribution in [2.75, 3.05) is 7.11 Å². The third kappa shape index (κ3) is 3.38. The van der Waals surface area contributed by atoms with Crippen molar-refractivity contribution in [2.24, 2.45) is 7.05 Å². The summed E-state index contributed by atoms with van der Waals surface area (Å²) in [4.78, 5) is 13.4. The smallest absolute Gasteiger partial charge is 0.291 e. The summed E-state index contributed by atoms with van der Waals surface area (Å²) in [5, 5.41) is 6.52. The van der Waals surface area contributed by atoms with E-state index in [2.05, 4.69) is 47.6 Å². The summed E-state index contributed by atoms with van der Waals surface area (Å²) in [6, 6.07) is 24.4. The average molecular weight is 409 g/mol. The van der Waals surface area contributed by atoms with E-state index in [1.165, 1.54) is 15.8 Å². The molecule has 31 heavy (non-hydrogen) atoms. The second-order valence-corrected chi connectivity index (χ2v) is 7.75. The number of rotatable bonds is 5. The Bertz CT molecular complexity index is 1450. The second-order valence-electron chi connectivity index (χ2n) is 7.75. The van der Waals surface area contributed by atoms with E-state index in [0.29, 0.717) is 12.1 Å². The van der Waals surface area contributed by atoms with Crippen LogP contribution in [0.3, 0.4) is 0 Å². The summed E-state index contributed by atoms with van der Waals surface area (Å²) in [5.41, 5.74) is 5.03. The van der Waals surface area contributed by atoms with Crippen LogP contribution >= 0.6 is 0 Å². The third-order valence-electron chi connectivity index (χ3n) is 5.82. The molecule has 0 saturated heterocycles. The first-order chi connectivity index (χ1) is 15.2. The van der Waals surface area contributed by atoms with Crippen molar-refractivity contribution < 1.29 is 4.74 Å². The van der Waals surface area contributed by atoms with Gasteiger partial charge < -0.3 is 9.30 Å². The number of benzene rings is 3. The van der Waals surface area contributed by atoms with E-state index in [1.54, 1.807) is 7.11 Å². The zero-order valence-electron chi connectivity index (χ0n) is 17.6. The largest absolute Gasteiger partial charge is 0.497 e. The van der Waals surface area contributed by atoms with Crippen LogP contribution in [0.4, 0.5) is 0 Å². The van der Waals surface area contributed by atoms with Crippen LogP contribution in [0, 0.1) is 0 Å². The molecule has 3 aromatic carbocycles. The molecule has 0 aliphatic carbocycles. The van der Waals surface area contributed by atoms with Crippen LogP contribution in [0.1, 0.15) is 16.7 Å². The minimum atomic E-state index is -0.0929. The first-order valence-electron chi connectivity index (χ1n) is 10.3. The standard InChI is InChI=1S/C26H23N3O2/c1-28-23-13-7-11-20(14-18-8-4-3-5-9-18)24(23)22-16-27-29(26(30)25(22)28)17-19-10-6-12-21(15-19)31-2/h3-13,15-16H,14,17H2,1-2H3. The number of fused-ring (bicyclic) bond motifs is 3. The molecule has 2 aromatic heterocycles. The highest BCUT2D eigenvalue weighted by atomic mass is 16.5. The molecule has 0 radical (unpaired) electrons.